The van der Waals surface area contributed by atoms with E-state index >= 15 is 0 Å². The number of carbonyl (C=O) groups is 1. The largest absolute Gasteiger partial charge is 0.354 e. The predicted octanol–water partition coefficient (Wildman–Crippen LogP) is 3.40. The van der Waals surface area contributed by atoms with Gasteiger partial charge in [0.15, 0.2) is 5.78 Å². The second-order valence-electron chi connectivity index (χ2n) is 8.00. The number of aromatic amines is 1. The van der Waals surface area contributed by atoms with Crippen LogP contribution >= 0.6 is 11.6 Å². The number of nitrogens with one attached hydrogen (secondary N) is 1. The van der Waals surface area contributed by atoms with Crippen LogP contribution in [0.15, 0.2) is 42.9 Å². The van der Waals surface area contributed by atoms with Gasteiger partial charge in [-0.1, -0.05) is 11.6 Å². The Bertz CT molecular complexity index is 1010. The number of aromatic nitrogens is 3. The molecular formula is C21H22ClN5O. The summed E-state index contributed by atoms with van der Waals surface area (Å²) in [4.78, 5) is 29.5. The molecule has 0 amide bonds. The van der Waals surface area contributed by atoms with Crippen molar-refractivity contribution in [1.29, 1.82) is 0 Å². The summed E-state index contributed by atoms with van der Waals surface area (Å²) in [6.07, 6.45) is 5.94. The van der Waals surface area contributed by atoms with Gasteiger partial charge in [-0.25, -0.2) is 9.97 Å². The molecule has 3 heterocycles. The number of ketones is 1. The minimum Gasteiger partial charge on any atom is -0.354 e. The van der Waals surface area contributed by atoms with Crippen LogP contribution in [-0.4, -0.2) is 58.4 Å². The number of carbonyl (C=O) groups excluding carboxylic acids is 1. The summed E-state index contributed by atoms with van der Waals surface area (Å²) in [5, 5.41) is 1.71. The lowest BCUT2D eigenvalue weighted by Gasteiger charge is -2.25. The Kier molecular flexibility index (Phi) is 4.33. The lowest BCUT2D eigenvalue weighted by molar-refractivity contribution is 0.0924. The number of Topliss-reactive ketones (excluding diaryl/α,β-unsaturated/α-hetero) is 1. The van der Waals surface area contributed by atoms with Crippen molar-refractivity contribution >= 4 is 34.2 Å². The molecule has 1 saturated heterocycles. The molecule has 2 aromatic heterocycles. The maximum absolute atomic E-state index is 12.7. The zero-order valence-corrected chi connectivity index (χ0v) is 16.3. The van der Waals surface area contributed by atoms with Crippen LogP contribution in [0.5, 0.6) is 0 Å². The van der Waals surface area contributed by atoms with Gasteiger partial charge in [-0.05, 0) is 43.2 Å². The Morgan fingerprint density at radius 3 is 2.71 bits per heavy atom. The first-order chi connectivity index (χ1) is 13.6. The molecular weight excluding hydrogens is 374 g/mol. The van der Waals surface area contributed by atoms with Crippen LogP contribution in [0.3, 0.4) is 0 Å². The van der Waals surface area contributed by atoms with E-state index in [0.29, 0.717) is 11.6 Å². The lowest BCUT2D eigenvalue weighted by atomic mass is 10.1. The Labute approximate surface area is 168 Å². The number of anilines is 1. The Morgan fingerprint density at radius 2 is 1.93 bits per heavy atom. The fraction of sp³-hybridized carbons (Fsp3) is 0.381. The Balaban J connectivity index is 1.34. The molecule has 6 nitrogen and oxygen atoms in total. The molecule has 2 fully saturated rings. The van der Waals surface area contributed by atoms with Gasteiger partial charge >= 0.3 is 0 Å². The van der Waals surface area contributed by atoms with E-state index in [4.69, 9.17) is 11.6 Å². The van der Waals surface area contributed by atoms with E-state index < -0.39 is 0 Å². The molecule has 3 aromatic rings. The number of hydrogen-bond acceptors (Lipinski definition) is 5. The smallest absolute Gasteiger partial charge is 0.176 e. The molecule has 1 aromatic carbocycles. The zero-order chi connectivity index (χ0) is 19.1. The SMILES string of the molecule is O=C(CN1CCN(c2ncnc3[nH]ccc23)CC2(CC2)C1)c1ccc(Cl)cc1. The van der Waals surface area contributed by atoms with Gasteiger partial charge in [0.25, 0.3) is 0 Å². The summed E-state index contributed by atoms with van der Waals surface area (Å²) in [5.41, 5.74) is 1.86. The third-order valence-electron chi connectivity index (χ3n) is 5.89. The van der Waals surface area contributed by atoms with Crippen molar-refractivity contribution in [1.82, 2.24) is 19.9 Å². The highest BCUT2D eigenvalue weighted by molar-refractivity contribution is 6.30. The van der Waals surface area contributed by atoms with E-state index in [1.807, 2.05) is 24.4 Å². The molecule has 1 N–H and O–H groups in total. The van der Waals surface area contributed by atoms with E-state index in [-0.39, 0.29) is 11.2 Å². The molecule has 5 rings (SSSR count). The van der Waals surface area contributed by atoms with Crippen LogP contribution in [-0.2, 0) is 0 Å². The monoisotopic (exact) mass is 395 g/mol. The van der Waals surface area contributed by atoms with E-state index in [0.717, 1.165) is 48.6 Å². The van der Waals surface area contributed by atoms with Crippen LogP contribution < -0.4 is 4.90 Å². The molecule has 0 atom stereocenters. The highest BCUT2D eigenvalue weighted by Gasteiger charge is 2.47. The van der Waals surface area contributed by atoms with Gasteiger partial charge in [0.2, 0.25) is 0 Å². The van der Waals surface area contributed by atoms with Gasteiger partial charge in [-0.2, -0.15) is 0 Å². The molecule has 0 bridgehead atoms. The normalized spacial score (nSPS) is 19.1. The van der Waals surface area contributed by atoms with Crippen molar-refractivity contribution in [3.05, 3.63) is 53.4 Å². The molecule has 7 heteroatoms. The second kappa shape index (κ2) is 6.87. The van der Waals surface area contributed by atoms with Gasteiger partial charge < -0.3 is 9.88 Å². The summed E-state index contributed by atoms with van der Waals surface area (Å²) in [5.74, 6) is 1.14. The van der Waals surface area contributed by atoms with Crippen molar-refractivity contribution in [3.63, 3.8) is 0 Å². The van der Waals surface area contributed by atoms with E-state index in [1.54, 1.807) is 18.5 Å². The van der Waals surface area contributed by atoms with Crippen LogP contribution in [0.1, 0.15) is 23.2 Å². The molecule has 1 aliphatic heterocycles. The number of nitrogens with zero attached hydrogens (tertiary/aromatic N) is 4. The van der Waals surface area contributed by atoms with Crippen LogP contribution in [0.4, 0.5) is 5.82 Å². The first-order valence-corrected chi connectivity index (χ1v) is 10.0. The average Bonchev–Trinajstić information content (AvgIpc) is 3.32. The van der Waals surface area contributed by atoms with E-state index in [9.17, 15) is 4.79 Å². The Morgan fingerprint density at radius 1 is 1.11 bits per heavy atom. The molecule has 1 saturated carbocycles. The van der Waals surface area contributed by atoms with Crippen molar-refractivity contribution in [2.75, 3.05) is 37.6 Å². The summed E-state index contributed by atoms with van der Waals surface area (Å²) < 4.78 is 0. The summed E-state index contributed by atoms with van der Waals surface area (Å²) in [6, 6.07) is 9.21. The van der Waals surface area contributed by atoms with E-state index in [2.05, 4.69) is 24.8 Å². The predicted molar refractivity (Wildman–Crippen MR) is 110 cm³/mol. The quantitative estimate of drug-likeness (QED) is 0.686. The number of halogens is 1. The summed E-state index contributed by atoms with van der Waals surface area (Å²) >= 11 is 5.94. The third kappa shape index (κ3) is 3.38. The molecule has 144 valence electrons. The fourth-order valence-electron chi connectivity index (χ4n) is 4.20. The molecule has 0 unspecified atom stereocenters. The number of rotatable bonds is 4. The molecule has 28 heavy (non-hydrogen) atoms. The van der Waals surface area contributed by atoms with Gasteiger partial charge in [0.1, 0.15) is 17.8 Å². The van der Waals surface area contributed by atoms with Crippen molar-refractivity contribution in [2.24, 2.45) is 5.41 Å². The van der Waals surface area contributed by atoms with Crippen molar-refractivity contribution < 1.29 is 4.79 Å². The van der Waals surface area contributed by atoms with Gasteiger partial charge in [-0.15, -0.1) is 0 Å². The third-order valence-corrected chi connectivity index (χ3v) is 6.15. The minimum absolute atomic E-state index is 0.149. The van der Waals surface area contributed by atoms with Gasteiger partial charge in [-0.3, -0.25) is 9.69 Å². The van der Waals surface area contributed by atoms with Crippen LogP contribution in [0.2, 0.25) is 5.02 Å². The molecule has 1 spiro atoms. The molecule has 0 radical (unpaired) electrons. The fourth-order valence-corrected chi connectivity index (χ4v) is 4.33. The number of hydrogen-bond donors (Lipinski definition) is 1. The Hall–Kier alpha value is -2.44. The molecule has 1 aliphatic carbocycles. The second-order valence-corrected chi connectivity index (χ2v) is 8.44. The topological polar surface area (TPSA) is 65.1 Å². The highest BCUT2D eigenvalue weighted by Crippen LogP contribution is 2.48. The maximum atomic E-state index is 12.7. The first-order valence-electron chi connectivity index (χ1n) is 9.66. The van der Waals surface area contributed by atoms with Crippen molar-refractivity contribution in [3.8, 4) is 0 Å². The van der Waals surface area contributed by atoms with Gasteiger partial charge in [0.05, 0.1) is 11.9 Å². The number of H-pyrrole nitrogens is 1. The summed E-state index contributed by atoms with van der Waals surface area (Å²) in [7, 11) is 0. The summed E-state index contributed by atoms with van der Waals surface area (Å²) in [6.45, 7) is 4.09. The maximum Gasteiger partial charge on any atom is 0.176 e. The minimum atomic E-state index is 0.149. The highest BCUT2D eigenvalue weighted by atomic mass is 35.5. The number of benzene rings is 1. The average molecular weight is 396 g/mol. The lowest BCUT2D eigenvalue weighted by Crippen LogP contribution is -2.35. The van der Waals surface area contributed by atoms with Crippen LogP contribution in [0.25, 0.3) is 11.0 Å². The standard InChI is InChI=1S/C21H22ClN5O/c22-16-3-1-15(2-4-16)18(28)11-26-9-10-27(13-21(12-26)6-7-21)20-17-5-8-23-19(17)24-14-25-20/h1-5,8,14H,6-7,9-13H2,(H,23,24,25). The van der Waals surface area contributed by atoms with Gasteiger partial charge in [0, 0.05) is 48.4 Å². The number of fused-ring (bicyclic) bond motifs is 1. The molecule has 2 aliphatic rings. The van der Waals surface area contributed by atoms with Crippen LogP contribution in [0, 0.1) is 5.41 Å². The zero-order valence-electron chi connectivity index (χ0n) is 15.6. The van der Waals surface area contributed by atoms with Crippen molar-refractivity contribution in [2.45, 2.75) is 12.8 Å². The first kappa shape index (κ1) is 17.6. The van der Waals surface area contributed by atoms with E-state index in [1.165, 1.54) is 12.8 Å².